The van der Waals surface area contributed by atoms with Crippen LogP contribution in [0.5, 0.6) is 0 Å². The Morgan fingerprint density at radius 2 is 2.00 bits per heavy atom. The third-order valence-electron chi connectivity index (χ3n) is 2.27. The molecule has 0 aliphatic carbocycles. The van der Waals surface area contributed by atoms with E-state index in [1.54, 1.807) is 18.0 Å². The zero-order valence-electron chi connectivity index (χ0n) is 9.08. The smallest absolute Gasteiger partial charge is 0.116 e. The Kier molecular flexibility index (Phi) is 4.36. The maximum absolute atomic E-state index is 5.86. The van der Waals surface area contributed by atoms with E-state index in [2.05, 4.69) is 9.97 Å². The Balaban J connectivity index is 2.14. The molecule has 0 amide bonds. The van der Waals surface area contributed by atoms with Gasteiger partial charge in [-0.3, -0.25) is 0 Å². The van der Waals surface area contributed by atoms with E-state index in [1.165, 1.54) is 6.33 Å². The van der Waals surface area contributed by atoms with Crippen molar-refractivity contribution in [3.63, 3.8) is 0 Å². The molecule has 1 aromatic carbocycles. The molecule has 1 heterocycles. The van der Waals surface area contributed by atoms with E-state index in [4.69, 9.17) is 17.3 Å². The number of benzene rings is 1. The normalized spacial score (nSPS) is 12.4. The lowest BCUT2D eigenvalue weighted by atomic mass is 10.1. The summed E-state index contributed by atoms with van der Waals surface area (Å²) in [6.07, 6.45) is 3.27. The Labute approximate surface area is 109 Å². The van der Waals surface area contributed by atoms with Crippen LogP contribution in [0.3, 0.4) is 0 Å². The summed E-state index contributed by atoms with van der Waals surface area (Å²) in [7, 11) is 0. The summed E-state index contributed by atoms with van der Waals surface area (Å²) in [6, 6.07) is 9.62. The van der Waals surface area contributed by atoms with Crippen molar-refractivity contribution in [2.45, 2.75) is 10.3 Å². The zero-order chi connectivity index (χ0) is 12.1. The van der Waals surface area contributed by atoms with Crippen LogP contribution < -0.4 is 5.73 Å². The first-order chi connectivity index (χ1) is 8.29. The lowest BCUT2D eigenvalue weighted by Crippen LogP contribution is -2.09. The molecule has 2 N–H and O–H groups in total. The minimum atomic E-state index is 0.183. The minimum absolute atomic E-state index is 0.183. The van der Waals surface area contributed by atoms with Gasteiger partial charge in [-0.05, 0) is 23.8 Å². The van der Waals surface area contributed by atoms with E-state index in [0.717, 1.165) is 15.6 Å². The molecule has 1 atom stereocenters. The second-order valence-corrected chi connectivity index (χ2v) is 5.10. The highest BCUT2D eigenvalue weighted by Crippen LogP contribution is 2.33. The SMILES string of the molecule is NCC(Sc1ccncn1)c1ccc(Cl)cc1. The van der Waals surface area contributed by atoms with Crippen molar-refractivity contribution in [1.29, 1.82) is 0 Å². The van der Waals surface area contributed by atoms with Crippen molar-refractivity contribution in [2.24, 2.45) is 5.73 Å². The lowest BCUT2D eigenvalue weighted by molar-refractivity contribution is 0.931. The van der Waals surface area contributed by atoms with E-state index < -0.39 is 0 Å². The zero-order valence-corrected chi connectivity index (χ0v) is 10.7. The standard InChI is InChI=1S/C12H12ClN3S/c13-10-3-1-9(2-4-10)11(7-14)17-12-5-6-15-8-16-12/h1-6,8,11H,7,14H2. The highest BCUT2D eigenvalue weighted by molar-refractivity contribution is 7.99. The molecular weight excluding hydrogens is 254 g/mol. The molecule has 3 nitrogen and oxygen atoms in total. The number of hydrogen-bond acceptors (Lipinski definition) is 4. The van der Waals surface area contributed by atoms with Crippen LogP contribution in [0.2, 0.25) is 5.02 Å². The van der Waals surface area contributed by atoms with Crippen molar-refractivity contribution < 1.29 is 0 Å². The molecule has 0 aliphatic heterocycles. The van der Waals surface area contributed by atoms with Gasteiger partial charge in [-0.25, -0.2) is 9.97 Å². The fraction of sp³-hybridized carbons (Fsp3) is 0.167. The van der Waals surface area contributed by atoms with Gasteiger partial charge in [0.1, 0.15) is 6.33 Å². The number of hydrogen-bond donors (Lipinski definition) is 1. The number of halogens is 1. The molecule has 5 heteroatoms. The average Bonchev–Trinajstić information content (AvgIpc) is 2.38. The van der Waals surface area contributed by atoms with Gasteiger partial charge in [0.25, 0.3) is 0 Å². The number of thioether (sulfide) groups is 1. The summed E-state index contributed by atoms with van der Waals surface area (Å²) in [5.41, 5.74) is 6.95. The van der Waals surface area contributed by atoms with Gasteiger partial charge in [-0.2, -0.15) is 0 Å². The van der Waals surface area contributed by atoms with Crippen molar-refractivity contribution in [3.05, 3.63) is 53.4 Å². The molecule has 0 spiro atoms. The van der Waals surface area contributed by atoms with Gasteiger partial charge < -0.3 is 5.73 Å². The maximum atomic E-state index is 5.86. The van der Waals surface area contributed by atoms with Gasteiger partial charge in [0.05, 0.1) is 5.03 Å². The molecule has 0 saturated heterocycles. The minimum Gasteiger partial charge on any atom is -0.329 e. The molecule has 88 valence electrons. The Morgan fingerprint density at radius 1 is 1.24 bits per heavy atom. The molecule has 0 saturated carbocycles. The molecular formula is C12H12ClN3S. The third-order valence-corrected chi connectivity index (χ3v) is 3.76. The largest absolute Gasteiger partial charge is 0.329 e. The van der Waals surface area contributed by atoms with E-state index >= 15 is 0 Å². The quantitative estimate of drug-likeness (QED) is 0.682. The molecule has 1 unspecified atom stereocenters. The van der Waals surface area contributed by atoms with Gasteiger partial charge in [-0.1, -0.05) is 35.5 Å². The van der Waals surface area contributed by atoms with Crippen molar-refractivity contribution in [1.82, 2.24) is 9.97 Å². The number of nitrogens with two attached hydrogens (primary N) is 1. The van der Waals surface area contributed by atoms with Crippen LogP contribution in [0, 0.1) is 0 Å². The van der Waals surface area contributed by atoms with Gasteiger partial charge >= 0.3 is 0 Å². The highest BCUT2D eigenvalue weighted by Gasteiger charge is 2.11. The summed E-state index contributed by atoms with van der Waals surface area (Å²) in [5, 5.41) is 1.84. The van der Waals surface area contributed by atoms with Crippen molar-refractivity contribution >= 4 is 23.4 Å². The van der Waals surface area contributed by atoms with Crippen LogP contribution in [0.4, 0.5) is 0 Å². The molecule has 0 bridgehead atoms. The highest BCUT2D eigenvalue weighted by atomic mass is 35.5. The summed E-state index contributed by atoms with van der Waals surface area (Å²) in [4.78, 5) is 8.07. The molecule has 17 heavy (non-hydrogen) atoms. The second kappa shape index (κ2) is 6.00. The first-order valence-electron chi connectivity index (χ1n) is 5.18. The van der Waals surface area contributed by atoms with Crippen molar-refractivity contribution in [2.75, 3.05) is 6.54 Å². The Morgan fingerprint density at radius 3 is 2.59 bits per heavy atom. The van der Waals surface area contributed by atoms with Gasteiger partial charge in [0, 0.05) is 23.0 Å². The van der Waals surface area contributed by atoms with E-state index in [9.17, 15) is 0 Å². The molecule has 2 rings (SSSR count). The van der Waals surface area contributed by atoms with Crippen LogP contribution in [0.25, 0.3) is 0 Å². The summed E-state index contributed by atoms with van der Waals surface area (Å²) >= 11 is 7.49. The van der Waals surface area contributed by atoms with Crippen molar-refractivity contribution in [3.8, 4) is 0 Å². The molecule has 0 fully saturated rings. The summed E-state index contributed by atoms with van der Waals surface area (Å²) in [6.45, 7) is 0.552. The number of rotatable bonds is 4. The van der Waals surface area contributed by atoms with Crippen LogP contribution >= 0.6 is 23.4 Å². The monoisotopic (exact) mass is 265 g/mol. The molecule has 1 aromatic heterocycles. The Hall–Kier alpha value is -1.10. The first kappa shape index (κ1) is 12.4. The van der Waals surface area contributed by atoms with Crippen LogP contribution in [-0.4, -0.2) is 16.5 Å². The van der Waals surface area contributed by atoms with Gasteiger partial charge in [0.15, 0.2) is 0 Å². The topological polar surface area (TPSA) is 51.8 Å². The third kappa shape index (κ3) is 3.43. The van der Waals surface area contributed by atoms with Crippen LogP contribution in [0.1, 0.15) is 10.8 Å². The van der Waals surface area contributed by atoms with Crippen LogP contribution in [0.15, 0.2) is 47.9 Å². The van der Waals surface area contributed by atoms with Gasteiger partial charge in [-0.15, -0.1) is 0 Å². The number of aromatic nitrogens is 2. The predicted octanol–water partition coefficient (Wildman–Crippen LogP) is 2.92. The summed E-state index contributed by atoms with van der Waals surface area (Å²) < 4.78 is 0. The fourth-order valence-corrected chi connectivity index (χ4v) is 2.48. The molecule has 2 aromatic rings. The van der Waals surface area contributed by atoms with E-state index in [0.29, 0.717) is 6.54 Å². The van der Waals surface area contributed by atoms with E-state index in [-0.39, 0.29) is 5.25 Å². The first-order valence-corrected chi connectivity index (χ1v) is 6.43. The molecule has 0 aliphatic rings. The summed E-state index contributed by atoms with van der Waals surface area (Å²) in [5.74, 6) is 0. The fourth-order valence-electron chi connectivity index (χ4n) is 1.42. The van der Waals surface area contributed by atoms with Gasteiger partial charge in [0.2, 0.25) is 0 Å². The second-order valence-electron chi connectivity index (χ2n) is 3.44. The van der Waals surface area contributed by atoms with E-state index in [1.807, 2.05) is 30.3 Å². The number of nitrogens with zero attached hydrogens (tertiary/aromatic N) is 2. The maximum Gasteiger partial charge on any atom is 0.116 e. The Bertz CT molecular complexity index is 461. The average molecular weight is 266 g/mol. The molecule has 0 radical (unpaired) electrons. The predicted molar refractivity (Wildman–Crippen MR) is 71.1 cm³/mol. The lowest BCUT2D eigenvalue weighted by Gasteiger charge is -2.14. The van der Waals surface area contributed by atoms with Crippen LogP contribution in [-0.2, 0) is 0 Å².